The van der Waals surface area contributed by atoms with E-state index in [1.807, 2.05) is 0 Å². The summed E-state index contributed by atoms with van der Waals surface area (Å²) in [6, 6.07) is 3.93. The number of nitrogens with zero attached hydrogens (tertiary/aromatic N) is 2. The Balaban J connectivity index is 1.27. The number of ether oxygens (including phenoxy) is 1. The third kappa shape index (κ3) is 3.50. The highest BCUT2D eigenvalue weighted by molar-refractivity contribution is 5.91. The molecule has 2 bridgehead atoms. The summed E-state index contributed by atoms with van der Waals surface area (Å²) >= 11 is 0. The standard InChI is InChI=1S/C18H27N3O3/c22-18(17-2-1-7-24-17)19-11-16-10-14-3-4-21(16)13-15(14)12-20-5-8-23-9-6-20/h1-2,7,14-16H,3-6,8-13H2,(H,19,22). The molecule has 6 heteroatoms. The molecule has 4 saturated heterocycles. The van der Waals surface area contributed by atoms with E-state index in [-0.39, 0.29) is 5.91 Å². The maximum Gasteiger partial charge on any atom is 0.287 e. The maximum absolute atomic E-state index is 12.0. The Morgan fingerprint density at radius 2 is 2.17 bits per heavy atom. The van der Waals surface area contributed by atoms with Gasteiger partial charge in [-0.15, -0.1) is 0 Å². The van der Waals surface area contributed by atoms with Crippen molar-refractivity contribution in [2.24, 2.45) is 11.8 Å². The molecule has 1 aromatic heterocycles. The van der Waals surface area contributed by atoms with E-state index in [2.05, 4.69) is 15.1 Å². The van der Waals surface area contributed by atoms with E-state index in [0.29, 0.717) is 11.8 Å². The molecule has 4 fully saturated rings. The number of fused-ring (bicyclic) bond motifs is 3. The van der Waals surface area contributed by atoms with E-state index < -0.39 is 0 Å². The SMILES string of the molecule is O=C(NCC1CC2CCN1CC2CN1CCOCC1)c1ccco1. The quantitative estimate of drug-likeness (QED) is 0.873. The van der Waals surface area contributed by atoms with Gasteiger partial charge in [0.15, 0.2) is 5.76 Å². The summed E-state index contributed by atoms with van der Waals surface area (Å²) in [6.45, 7) is 8.17. The van der Waals surface area contributed by atoms with E-state index in [4.69, 9.17) is 9.15 Å². The van der Waals surface area contributed by atoms with Crippen molar-refractivity contribution in [3.8, 4) is 0 Å². The zero-order valence-electron chi connectivity index (χ0n) is 14.2. The van der Waals surface area contributed by atoms with Crippen molar-refractivity contribution in [1.82, 2.24) is 15.1 Å². The monoisotopic (exact) mass is 333 g/mol. The third-order valence-corrected chi connectivity index (χ3v) is 5.85. The minimum Gasteiger partial charge on any atom is -0.459 e. The van der Waals surface area contributed by atoms with Gasteiger partial charge in [0.05, 0.1) is 19.5 Å². The molecule has 132 valence electrons. The first-order valence-corrected chi connectivity index (χ1v) is 9.15. The van der Waals surface area contributed by atoms with E-state index in [9.17, 15) is 4.79 Å². The van der Waals surface area contributed by atoms with Crippen molar-refractivity contribution in [1.29, 1.82) is 0 Å². The second-order valence-electron chi connectivity index (χ2n) is 7.29. The largest absolute Gasteiger partial charge is 0.459 e. The molecule has 0 radical (unpaired) electrons. The molecule has 4 aliphatic rings. The first-order valence-electron chi connectivity index (χ1n) is 9.15. The molecular formula is C18H27N3O3. The molecule has 4 aliphatic heterocycles. The number of nitrogens with one attached hydrogen (secondary N) is 1. The highest BCUT2D eigenvalue weighted by atomic mass is 16.5. The van der Waals surface area contributed by atoms with Gasteiger partial charge in [-0.25, -0.2) is 0 Å². The van der Waals surface area contributed by atoms with Crippen LogP contribution in [0, 0.1) is 11.8 Å². The summed E-state index contributed by atoms with van der Waals surface area (Å²) in [5.41, 5.74) is 0. The van der Waals surface area contributed by atoms with E-state index >= 15 is 0 Å². The molecule has 4 unspecified atom stereocenters. The van der Waals surface area contributed by atoms with Crippen molar-refractivity contribution in [2.75, 3.05) is 52.5 Å². The minimum absolute atomic E-state index is 0.104. The molecule has 1 amide bonds. The lowest BCUT2D eigenvalue weighted by atomic mass is 9.75. The summed E-state index contributed by atoms with van der Waals surface area (Å²) in [7, 11) is 0. The van der Waals surface area contributed by atoms with Crippen molar-refractivity contribution < 1.29 is 13.9 Å². The molecule has 1 aromatic rings. The average molecular weight is 333 g/mol. The molecule has 0 spiro atoms. The Morgan fingerprint density at radius 3 is 2.88 bits per heavy atom. The predicted octanol–water partition coefficient (Wildman–Crippen LogP) is 1.05. The van der Waals surface area contributed by atoms with Gasteiger partial charge in [-0.2, -0.15) is 0 Å². The van der Waals surface area contributed by atoms with Gasteiger partial charge in [0.1, 0.15) is 0 Å². The summed E-state index contributed by atoms with van der Waals surface area (Å²) in [4.78, 5) is 17.2. The van der Waals surface area contributed by atoms with E-state index in [1.165, 1.54) is 38.7 Å². The molecule has 1 N–H and O–H groups in total. The number of carbonyl (C=O) groups excluding carboxylic acids is 1. The van der Waals surface area contributed by atoms with Gasteiger partial charge in [-0.3, -0.25) is 14.6 Å². The van der Waals surface area contributed by atoms with Crippen molar-refractivity contribution in [3.63, 3.8) is 0 Å². The van der Waals surface area contributed by atoms with Gasteiger partial charge in [-0.1, -0.05) is 0 Å². The van der Waals surface area contributed by atoms with Crippen LogP contribution in [-0.2, 0) is 4.74 Å². The summed E-state index contributed by atoms with van der Waals surface area (Å²) in [5.74, 6) is 1.86. The second kappa shape index (κ2) is 7.25. The molecule has 4 atom stereocenters. The summed E-state index contributed by atoms with van der Waals surface area (Å²) in [5, 5.41) is 3.03. The fraction of sp³-hybridized carbons (Fsp3) is 0.722. The molecule has 0 aromatic carbocycles. The normalized spacial score (nSPS) is 33.5. The van der Waals surface area contributed by atoms with Crippen LogP contribution in [0.5, 0.6) is 0 Å². The molecule has 0 aliphatic carbocycles. The number of hydrogen-bond donors (Lipinski definition) is 1. The Morgan fingerprint density at radius 1 is 1.29 bits per heavy atom. The van der Waals surface area contributed by atoms with Crippen LogP contribution in [0.2, 0.25) is 0 Å². The first-order chi connectivity index (χ1) is 11.8. The average Bonchev–Trinajstić information content (AvgIpc) is 3.16. The predicted molar refractivity (Wildman–Crippen MR) is 89.9 cm³/mol. The smallest absolute Gasteiger partial charge is 0.287 e. The molecular weight excluding hydrogens is 306 g/mol. The molecule has 0 saturated carbocycles. The molecule has 5 heterocycles. The Kier molecular flexibility index (Phi) is 4.87. The van der Waals surface area contributed by atoms with E-state index in [0.717, 1.165) is 44.7 Å². The lowest BCUT2D eigenvalue weighted by molar-refractivity contribution is -0.0293. The van der Waals surface area contributed by atoms with Gasteiger partial charge >= 0.3 is 0 Å². The highest BCUT2D eigenvalue weighted by Gasteiger charge is 2.40. The highest BCUT2D eigenvalue weighted by Crippen LogP contribution is 2.36. The van der Waals surface area contributed by atoms with Crippen LogP contribution in [0.25, 0.3) is 0 Å². The fourth-order valence-corrected chi connectivity index (χ4v) is 4.49. The van der Waals surface area contributed by atoms with Crippen molar-refractivity contribution >= 4 is 5.91 Å². The van der Waals surface area contributed by atoms with Gasteiger partial charge in [-0.05, 0) is 43.4 Å². The van der Waals surface area contributed by atoms with Crippen LogP contribution in [0.1, 0.15) is 23.4 Å². The van der Waals surface area contributed by atoms with Crippen LogP contribution in [-0.4, -0.2) is 74.2 Å². The number of morpholine rings is 1. The molecule has 24 heavy (non-hydrogen) atoms. The van der Waals surface area contributed by atoms with Gasteiger partial charge < -0.3 is 14.5 Å². The van der Waals surface area contributed by atoms with Gasteiger partial charge in [0.25, 0.3) is 5.91 Å². The number of rotatable bonds is 5. The second-order valence-corrected chi connectivity index (χ2v) is 7.29. The zero-order valence-corrected chi connectivity index (χ0v) is 14.2. The Labute approximate surface area is 143 Å². The first kappa shape index (κ1) is 16.1. The molecule has 5 rings (SSSR count). The number of piperidine rings is 3. The number of carbonyl (C=O) groups is 1. The van der Waals surface area contributed by atoms with Gasteiger partial charge in [0.2, 0.25) is 0 Å². The minimum atomic E-state index is -0.104. The number of hydrogen-bond acceptors (Lipinski definition) is 5. The zero-order chi connectivity index (χ0) is 16.4. The van der Waals surface area contributed by atoms with Crippen LogP contribution >= 0.6 is 0 Å². The molecule has 6 nitrogen and oxygen atoms in total. The summed E-state index contributed by atoms with van der Waals surface area (Å²) < 4.78 is 10.6. The lowest BCUT2D eigenvalue weighted by Gasteiger charge is -2.51. The maximum atomic E-state index is 12.0. The Hall–Kier alpha value is -1.37. The van der Waals surface area contributed by atoms with Crippen molar-refractivity contribution in [3.05, 3.63) is 24.2 Å². The van der Waals surface area contributed by atoms with Crippen LogP contribution in [0.4, 0.5) is 0 Å². The van der Waals surface area contributed by atoms with E-state index in [1.54, 1.807) is 12.1 Å². The lowest BCUT2D eigenvalue weighted by Crippen LogP contribution is -2.58. The number of furan rings is 1. The van der Waals surface area contributed by atoms with Crippen molar-refractivity contribution in [2.45, 2.75) is 18.9 Å². The van der Waals surface area contributed by atoms with Crippen LogP contribution in [0.15, 0.2) is 22.8 Å². The summed E-state index contributed by atoms with van der Waals surface area (Å²) in [6.07, 6.45) is 4.04. The number of amides is 1. The fourth-order valence-electron chi connectivity index (χ4n) is 4.49. The van der Waals surface area contributed by atoms with Crippen LogP contribution < -0.4 is 5.32 Å². The Bertz CT molecular complexity index is 542. The van der Waals surface area contributed by atoms with Crippen LogP contribution in [0.3, 0.4) is 0 Å². The topological polar surface area (TPSA) is 58.0 Å². The third-order valence-electron chi connectivity index (χ3n) is 5.85. The van der Waals surface area contributed by atoms with Gasteiger partial charge in [0, 0.05) is 38.8 Å².